The maximum absolute atomic E-state index is 10.9. The Hall–Kier alpha value is -0.220. The van der Waals surface area contributed by atoms with Crippen molar-refractivity contribution >= 4 is 20.0 Å². The van der Waals surface area contributed by atoms with E-state index in [9.17, 15) is 16.8 Å². The Kier molecular flexibility index (Phi) is 5.52. The van der Waals surface area contributed by atoms with Crippen LogP contribution in [0.4, 0.5) is 0 Å². The molecule has 4 N–H and O–H groups in total. The van der Waals surface area contributed by atoms with E-state index in [0.29, 0.717) is 0 Å². The molecule has 0 rings (SSSR count). The number of aliphatic hydroxyl groups is 1. The van der Waals surface area contributed by atoms with Crippen molar-refractivity contribution in [3.63, 3.8) is 0 Å². The second kappa shape index (κ2) is 5.61. The Morgan fingerprint density at radius 3 is 2.14 bits per heavy atom. The highest BCUT2D eigenvalue weighted by Gasteiger charge is 2.09. The second-order valence-corrected chi connectivity index (χ2v) is 6.32. The van der Waals surface area contributed by atoms with E-state index in [1.807, 2.05) is 0 Å². The van der Waals surface area contributed by atoms with Crippen LogP contribution in [0.1, 0.15) is 6.42 Å². The van der Waals surface area contributed by atoms with E-state index in [2.05, 4.69) is 4.72 Å². The molecule has 0 unspecified atom stereocenters. The van der Waals surface area contributed by atoms with Gasteiger partial charge >= 0.3 is 0 Å². The monoisotopic (exact) mass is 246 g/mol. The van der Waals surface area contributed by atoms with Gasteiger partial charge in [0.1, 0.15) is 0 Å². The molecule has 0 aromatic rings. The third-order valence-electron chi connectivity index (χ3n) is 1.29. The molecule has 0 fully saturated rings. The SMILES string of the molecule is NS(=O)(=O)CCCNS(=O)(=O)CCO. The summed E-state index contributed by atoms with van der Waals surface area (Å²) in [6.07, 6.45) is 0.115. The summed E-state index contributed by atoms with van der Waals surface area (Å²) >= 11 is 0. The molecule has 14 heavy (non-hydrogen) atoms. The van der Waals surface area contributed by atoms with Crippen molar-refractivity contribution in [2.75, 3.05) is 24.7 Å². The van der Waals surface area contributed by atoms with E-state index in [-0.39, 0.29) is 24.5 Å². The molecular formula is C5H14N2O5S2. The summed E-state index contributed by atoms with van der Waals surface area (Å²) in [5.74, 6) is -0.656. The first-order valence-electron chi connectivity index (χ1n) is 3.85. The maximum Gasteiger partial charge on any atom is 0.213 e. The molecule has 9 heteroatoms. The lowest BCUT2D eigenvalue weighted by Gasteiger charge is -2.03. The number of hydrogen-bond donors (Lipinski definition) is 3. The van der Waals surface area contributed by atoms with Gasteiger partial charge in [-0.3, -0.25) is 0 Å². The van der Waals surface area contributed by atoms with E-state index >= 15 is 0 Å². The lowest BCUT2D eigenvalue weighted by atomic mass is 10.5. The van der Waals surface area contributed by atoms with Gasteiger partial charge in [-0.1, -0.05) is 0 Å². The summed E-state index contributed by atoms with van der Waals surface area (Å²) in [6.45, 7) is -0.469. The number of rotatable bonds is 7. The largest absolute Gasteiger partial charge is 0.395 e. The zero-order chi connectivity index (χ0) is 11.2. The minimum atomic E-state index is -3.54. The standard InChI is InChI=1S/C5H14N2O5S2/c6-13(9,10)4-1-2-7-14(11,12)5-3-8/h7-8H,1-5H2,(H2,6,9,10). The molecule has 0 aliphatic rings. The topological polar surface area (TPSA) is 127 Å². The number of primary sulfonamides is 1. The van der Waals surface area contributed by atoms with E-state index in [1.54, 1.807) is 0 Å². The zero-order valence-corrected chi connectivity index (χ0v) is 9.14. The number of aliphatic hydroxyl groups excluding tert-OH is 1. The van der Waals surface area contributed by atoms with Crippen LogP contribution in [0.2, 0.25) is 0 Å². The van der Waals surface area contributed by atoms with E-state index in [4.69, 9.17) is 10.2 Å². The average Bonchev–Trinajstić information content (AvgIpc) is 1.96. The Morgan fingerprint density at radius 2 is 1.71 bits per heavy atom. The Balaban J connectivity index is 3.76. The fraction of sp³-hybridized carbons (Fsp3) is 1.00. The van der Waals surface area contributed by atoms with Crippen LogP contribution in [0.15, 0.2) is 0 Å². The van der Waals surface area contributed by atoms with Gasteiger partial charge in [0.05, 0.1) is 18.1 Å². The first kappa shape index (κ1) is 13.8. The lowest BCUT2D eigenvalue weighted by molar-refractivity contribution is 0.319. The highest BCUT2D eigenvalue weighted by molar-refractivity contribution is 7.89. The number of nitrogens with two attached hydrogens (primary N) is 1. The zero-order valence-electron chi connectivity index (χ0n) is 7.51. The van der Waals surface area contributed by atoms with Crippen LogP contribution >= 0.6 is 0 Å². The maximum atomic E-state index is 10.9. The van der Waals surface area contributed by atoms with Gasteiger partial charge in [0.2, 0.25) is 20.0 Å². The lowest BCUT2D eigenvalue weighted by Crippen LogP contribution is -2.30. The molecule has 0 aliphatic heterocycles. The van der Waals surface area contributed by atoms with Crippen molar-refractivity contribution in [1.29, 1.82) is 0 Å². The Labute approximate surface area is 83.4 Å². The van der Waals surface area contributed by atoms with Crippen molar-refractivity contribution in [3.05, 3.63) is 0 Å². The first-order chi connectivity index (χ1) is 6.27. The van der Waals surface area contributed by atoms with Gasteiger partial charge in [0.15, 0.2) is 0 Å². The molecule has 0 aliphatic carbocycles. The summed E-state index contributed by atoms with van der Waals surface area (Å²) in [7, 11) is -7.02. The van der Waals surface area contributed by atoms with Gasteiger partial charge < -0.3 is 5.11 Å². The summed E-state index contributed by atoms with van der Waals surface area (Å²) < 4.78 is 44.8. The molecule has 0 atom stereocenters. The van der Waals surface area contributed by atoms with Crippen LogP contribution in [0, 0.1) is 0 Å². The summed E-state index contributed by atoms with van der Waals surface area (Å²) in [4.78, 5) is 0. The first-order valence-corrected chi connectivity index (χ1v) is 7.22. The van der Waals surface area contributed by atoms with Crippen LogP contribution in [0.25, 0.3) is 0 Å². The van der Waals surface area contributed by atoms with Gasteiger partial charge in [0.25, 0.3) is 0 Å². The van der Waals surface area contributed by atoms with E-state index in [0.717, 1.165) is 0 Å². The molecule has 0 aromatic heterocycles. The van der Waals surface area contributed by atoms with Gasteiger partial charge in [-0.15, -0.1) is 0 Å². The minimum absolute atomic E-state index is 0.00123. The normalized spacial score (nSPS) is 13.0. The quantitative estimate of drug-likeness (QED) is 0.431. The summed E-state index contributed by atoms with van der Waals surface area (Å²) in [5.41, 5.74) is 0. The van der Waals surface area contributed by atoms with E-state index in [1.165, 1.54) is 0 Å². The highest BCUT2D eigenvalue weighted by Crippen LogP contribution is 1.87. The van der Waals surface area contributed by atoms with Crippen LogP contribution < -0.4 is 9.86 Å². The molecule has 0 saturated carbocycles. The summed E-state index contributed by atoms with van der Waals surface area (Å²) in [5, 5.41) is 13.1. The van der Waals surface area contributed by atoms with E-state index < -0.39 is 26.7 Å². The Morgan fingerprint density at radius 1 is 1.14 bits per heavy atom. The van der Waals surface area contributed by atoms with Gasteiger partial charge in [-0.25, -0.2) is 26.7 Å². The number of hydrogen-bond acceptors (Lipinski definition) is 5. The second-order valence-electron chi connectivity index (χ2n) is 2.66. The molecule has 0 heterocycles. The number of sulfonamides is 2. The van der Waals surface area contributed by atoms with Crippen molar-refractivity contribution in [1.82, 2.24) is 4.72 Å². The average molecular weight is 246 g/mol. The molecule has 0 saturated heterocycles. The molecule has 0 radical (unpaired) electrons. The third kappa shape index (κ3) is 8.38. The third-order valence-corrected chi connectivity index (χ3v) is 3.51. The fourth-order valence-electron chi connectivity index (χ4n) is 0.693. The van der Waals surface area contributed by atoms with Gasteiger partial charge in [-0.2, -0.15) is 0 Å². The molecule has 0 spiro atoms. The molecule has 0 bridgehead atoms. The molecule has 0 amide bonds. The van der Waals surface area contributed by atoms with Crippen LogP contribution in [0.3, 0.4) is 0 Å². The smallest absolute Gasteiger partial charge is 0.213 e. The van der Waals surface area contributed by atoms with Crippen molar-refractivity contribution in [2.24, 2.45) is 5.14 Å². The molecule has 0 aromatic carbocycles. The predicted molar refractivity (Wildman–Crippen MR) is 51.5 cm³/mol. The predicted octanol–water partition coefficient (Wildman–Crippen LogP) is -2.42. The van der Waals surface area contributed by atoms with Crippen LogP contribution in [-0.4, -0.2) is 46.6 Å². The van der Waals surface area contributed by atoms with Crippen molar-refractivity contribution in [3.8, 4) is 0 Å². The van der Waals surface area contributed by atoms with Gasteiger partial charge in [-0.05, 0) is 6.42 Å². The van der Waals surface area contributed by atoms with Crippen LogP contribution in [0.5, 0.6) is 0 Å². The minimum Gasteiger partial charge on any atom is -0.395 e. The van der Waals surface area contributed by atoms with Crippen molar-refractivity contribution < 1.29 is 21.9 Å². The molecule has 7 nitrogen and oxygen atoms in total. The van der Waals surface area contributed by atoms with Gasteiger partial charge in [0, 0.05) is 6.54 Å². The summed E-state index contributed by atoms with van der Waals surface area (Å²) in [6, 6.07) is 0. The molecular weight excluding hydrogens is 232 g/mol. The van der Waals surface area contributed by atoms with Crippen molar-refractivity contribution in [2.45, 2.75) is 6.42 Å². The number of nitrogens with one attached hydrogen (secondary N) is 1. The molecule has 86 valence electrons. The highest BCUT2D eigenvalue weighted by atomic mass is 32.2. The fourth-order valence-corrected chi connectivity index (χ4v) is 2.08. The van der Waals surface area contributed by atoms with Crippen LogP contribution in [-0.2, 0) is 20.0 Å². The Bertz CT molecular complexity index is 346.